The highest BCUT2D eigenvalue weighted by molar-refractivity contribution is 6.00. The number of carboxylic acids is 1. The molecule has 116 valence electrons. The Bertz CT molecular complexity index is 549. The number of carboxylic acid groups (broad SMARTS) is 1. The molecule has 1 rings (SSSR count). The topological polar surface area (TPSA) is 78.4 Å². The third-order valence-corrected chi connectivity index (χ3v) is 3.40. The quantitative estimate of drug-likeness (QED) is 0.781. The largest absolute Gasteiger partial charge is 0.478 e. The number of urea groups is 1. The highest BCUT2D eigenvalue weighted by atomic mass is 19.2. The monoisotopic (exact) mass is 300 g/mol. The van der Waals surface area contributed by atoms with Crippen LogP contribution in [0.1, 0.15) is 37.6 Å². The van der Waals surface area contributed by atoms with E-state index in [1.54, 1.807) is 6.92 Å². The Morgan fingerprint density at radius 3 is 2.33 bits per heavy atom. The number of aromatic carboxylic acids is 1. The molecule has 21 heavy (non-hydrogen) atoms. The fourth-order valence-corrected chi connectivity index (χ4v) is 1.69. The van der Waals surface area contributed by atoms with Gasteiger partial charge in [-0.1, -0.05) is 20.3 Å². The second-order valence-corrected chi connectivity index (χ2v) is 4.89. The van der Waals surface area contributed by atoms with Crippen LogP contribution in [0, 0.1) is 17.6 Å². The highest BCUT2D eigenvalue weighted by Gasteiger charge is 2.18. The van der Waals surface area contributed by atoms with E-state index < -0.39 is 29.2 Å². The van der Waals surface area contributed by atoms with E-state index in [1.165, 1.54) is 0 Å². The molecule has 0 aliphatic rings. The standard InChI is InChI=1S/C14H18F2N2O3/c1-4-7(2)8(3)17-14(21)18-12-6-11(16)10(15)5-9(12)13(19)20/h5-8H,4H2,1-3H3,(H,19,20)(H2,17,18,21). The van der Waals surface area contributed by atoms with E-state index in [0.29, 0.717) is 12.1 Å². The summed E-state index contributed by atoms with van der Waals surface area (Å²) < 4.78 is 26.2. The number of amides is 2. The van der Waals surface area contributed by atoms with Crippen LogP contribution in [0.3, 0.4) is 0 Å². The molecule has 0 fully saturated rings. The van der Waals surface area contributed by atoms with Crippen LogP contribution < -0.4 is 10.6 Å². The Morgan fingerprint density at radius 1 is 1.24 bits per heavy atom. The summed E-state index contributed by atoms with van der Waals surface area (Å²) in [5.41, 5.74) is -0.810. The van der Waals surface area contributed by atoms with Gasteiger partial charge < -0.3 is 15.7 Å². The molecule has 2 unspecified atom stereocenters. The maximum absolute atomic E-state index is 13.2. The molecule has 0 heterocycles. The van der Waals surface area contributed by atoms with Crippen molar-refractivity contribution in [2.75, 3.05) is 5.32 Å². The number of carbonyl (C=O) groups excluding carboxylic acids is 1. The number of rotatable bonds is 5. The second kappa shape index (κ2) is 7.01. The van der Waals surface area contributed by atoms with Crippen LogP contribution in [-0.4, -0.2) is 23.1 Å². The van der Waals surface area contributed by atoms with E-state index in [4.69, 9.17) is 5.11 Å². The molecule has 0 aliphatic carbocycles. The lowest BCUT2D eigenvalue weighted by Crippen LogP contribution is -2.39. The van der Waals surface area contributed by atoms with E-state index >= 15 is 0 Å². The zero-order valence-corrected chi connectivity index (χ0v) is 12.0. The van der Waals surface area contributed by atoms with Crippen molar-refractivity contribution < 1.29 is 23.5 Å². The fraction of sp³-hybridized carbons (Fsp3) is 0.429. The number of nitrogens with one attached hydrogen (secondary N) is 2. The van der Waals surface area contributed by atoms with Gasteiger partial charge in [-0.25, -0.2) is 18.4 Å². The number of hydrogen-bond acceptors (Lipinski definition) is 2. The highest BCUT2D eigenvalue weighted by Crippen LogP contribution is 2.20. The third kappa shape index (κ3) is 4.40. The first-order valence-corrected chi connectivity index (χ1v) is 6.56. The molecule has 0 radical (unpaired) electrons. The lowest BCUT2D eigenvalue weighted by Gasteiger charge is -2.20. The smallest absolute Gasteiger partial charge is 0.337 e. The van der Waals surface area contributed by atoms with Crippen LogP contribution in [0.5, 0.6) is 0 Å². The minimum Gasteiger partial charge on any atom is -0.478 e. The summed E-state index contributed by atoms with van der Waals surface area (Å²) in [5.74, 6) is -3.75. The molecule has 7 heteroatoms. The molecule has 0 bridgehead atoms. The lowest BCUT2D eigenvalue weighted by molar-refractivity contribution is 0.0697. The van der Waals surface area contributed by atoms with Crippen LogP contribution in [0.4, 0.5) is 19.3 Å². The van der Waals surface area contributed by atoms with Crippen molar-refractivity contribution in [1.29, 1.82) is 0 Å². The third-order valence-electron chi connectivity index (χ3n) is 3.40. The lowest BCUT2D eigenvalue weighted by atomic mass is 10.0. The number of hydrogen-bond donors (Lipinski definition) is 3. The molecule has 2 amide bonds. The number of benzene rings is 1. The molecular formula is C14H18F2N2O3. The van der Waals surface area contributed by atoms with Gasteiger partial charge in [0.25, 0.3) is 0 Å². The van der Waals surface area contributed by atoms with Gasteiger partial charge in [0.1, 0.15) is 0 Å². The van der Waals surface area contributed by atoms with Gasteiger partial charge in [-0.15, -0.1) is 0 Å². The molecule has 0 aromatic heterocycles. The van der Waals surface area contributed by atoms with E-state index in [1.807, 2.05) is 13.8 Å². The molecule has 0 aliphatic heterocycles. The predicted octanol–water partition coefficient (Wildman–Crippen LogP) is 3.22. The number of anilines is 1. The first kappa shape index (κ1) is 16.9. The first-order valence-electron chi connectivity index (χ1n) is 6.56. The average molecular weight is 300 g/mol. The van der Waals surface area contributed by atoms with E-state index in [-0.39, 0.29) is 17.6 Å². The van der Waals surface area contributed by atoms with Crippen molar-refractivity contribution in [1.82, 2.24) is 5.32 Å². The van der Waals surface area contributed by atoms with Gasteiger partial charge in [0.2, 0.25) is 0 Å². The van der Waals surface area contributed by atoms with Crippen LogP contribution >= 0.6 is 0 Å². The molecule has 0 spiro atoms. The summed E-state index contributed by atoms with van der Waals surface area (Å²) >= 11 is 0. The molecule has 1 aromatic carbocycles. The van der Waals surface area contributed by atoms with Gasteiger partial charge in [-0.05, 0) is 18.9 Å². The summed E-state index contributed by atoms with van der Waals surface area (Å²) in [6.07, 6.45) is 0.854. The summed E-state index contributed by atoms with van der Waals surface area (Å²) in [6, 6.07) is 0.363. The second-order valence-electron chi connectivity index (χ2n) is 4.89. The van der Waals surface area contributed by atoms with Crippen LogP contribution in [-0.2, 0) is 0 Å². The first-order chi connectivity index (χ1) is 9.76. The van der Waals surface area contributed by atoms with Crippen molar-refractivity contribution in [2.45, 2.75) is 33.2 Å². The summed E-state index contributed by atoms with van der Waals surface area (Å²) in [7, 11) is 0. The van der Waals surface area contributed by atoms with Gasteiger partial charge >= 0.3 is 12.0 Å². The Hall–Kier alpha value is -2.18. The number of halogens is 2. The van der Waals surface area contributed by atoms with Crippen molar-refractivity contribution in [3.05, 3.63) is 29.3 Å². The van der Waals surface area contributed by atoms with Crippen LogP contribution in [0.2, 0.25) is 0 Å². The minimum atomic E-state index is -1.46. The molecule has 0 saturated carbocycles. The molecule has 0 saturated heterocycles. The van der Waals surface area contributed by atoms with E-state index in [2.05, 4.69) is 10.6 Å². The van der Waals surface area contributed by atoms with Gasteiger partial charge in [0, 0.05) is 12.1 Å². The Morgan fingerprint density at radius 2 is 1.81 bits per heavy atom. The van der Waals surface area contributed by atoms with Crippen molar-refractivity contribution >= 4 is 17.7 Å². The minimum absolute atomic E-state index is 0.145. The van der Waals surface area contributed by atoms with Gasteiger partial charge in [-0.3, -0.25) is 0 Å². The Labute approximate surface area is 121 Å². The molecule has 5 nitrogen and oxygen atoms in total. The van der Waals surface area contributed by atoms with Gasteiger partial charge in [-0.2, -0.15) is 0 Å². The van der Waals surface area contributed by atoms with Crippen LogP contribution in [0.15, 0.2) is 12.1 Å². The predicted molar refractivity (Wildman–Crippen MR) is 74.4 cm³/mol. The Balaban J connectivity index is 2.90. The molecule has 1 aromatic rings. The summed E-state index contributed by atoms with van der Waals surface area (Å²) in [5, 5.41) is 13.8. The van der Waals surface area contributed by atoms with Crippen molar-refractivity contribution in [3.8, 4) is 0 Å². The Kier molecular flexibility index (Phi) is 5.63. The molecule has 3 N–H and O–H groups in total. The van der Waals surface area contributed by atoms with Gasteiger partial charge in [0.15, 0.2) is 11.6 Å². The fourth-order valence-electron chi connectivity index (χ4n) is 1.69. The molecular weight excluding hydrogens is 282 g/mol. The summed E-state index contributed by atoms with van der Waals surface area (Å²) in [6.45, 7) is 5.72. The zero-order valence-electron chi connectivity index (χ0n) is 12.0. The SMILES string of the molecule is CCC(C)C(C)NC(=O)Nc1cc(F)c(F)cc1C(=O)O. The zero-order chi connectivity index (χ0) is 16.2. The maximum atomic E-state index is 13.2. The van der Waals surface area contributed by atoms with Crippen molar-refractivity contribution in [3.63, 3.8) is 0 Å². The number of carbonyl (C=O) groups is 2. The normalized spacial score (nSPS) is 13.4. The van der Waals surface area contributed by atoms with Gasteiger partial charge in [0.05, 0.1) is 11.3 Å². The van der Waals surface area contributed by atoms with Crippen molar-refractivity contribution in [2.24, 2.45) is 5.92 Å². The summed E-state index contributed by atoms with van der Waals surface area (Å²) in [4.78, 5) is 22.8. The van der Waals surface area contributed by atoms with E-state index in [9.17, 15) is 18.4 Å². The van der Waals surface area contributed by atoms with Crippen LogP contribution in [0.25, 0.3) is 0 Å². The molecule has 2 atom stereocenters. The maximum Gasteiger partial charge on any atom is 0.337 e. The average Bonchev–Trinajstić information content (AvgIpc) is 2.41. The van der Waals surface area contributed by atoms with E-state index in [0.717, 1.165) is 6.42 Å².